The van der Waals surface area contributed by atoms with Crippen molar-refractivity contribution in [1.29, 1.82) is 0 Å². The zero-order chi connectivity index (χ0) is 12.0. The van der Waals surface area contributed by atoms with Gasteiger partial charge in [0.2, 0.25) is 0 Å². The highest BCUT2D eigenvalue weighted by Gasteiger charge is 2.16. The molecule has 0 aliphatic carbocycles. The molecule has 0 amide bonds. The topological polar surface area (TPSA) is 24.9 Å². The van der Waals surface area contributed by atoms with Crippen LogP contribution in [0.4, 0.5) is 0 Å². The summed E-state index contributed by atoms with van der Waals surface area (Å²) in [4.78, 5) is 4.62. The van der Waals surface area contributed by atoms with Gasteiger partial charge >= 0.3 is 0 Å². The van der Waals surface area contributed by atoms with Crippen LogP contribution in [0.2, 0.25) is 0 Å². The van der Waals surface area contributed by atoms with Gasteiger partial charge in [0.15, 0.2) is 0 Å². The average molecular weight is 236 g/mol. The number of rotatable bonds is 5. The molecule has 1 aromatic heterocycles. The average Bonchev–Trinajstić information content (AvgIpc) is 2.65. The number of unbranched alkanes of at least 4 members (excludes halogenated alkanes) is 1. The van der Waals surface area contributed by atoms with E-state index < -0.39 is 0 Å². The van der Waals surface area contributed by atoms with Gasteiger partial charge in [-0.2, -0.15) is 0 Å². The predicted octanol–water partition coefficient (Wildman–Crippen LogP) is 2.94. The van der Waals surface area contributed by atoms with Gasteiger partial charge in [-0.1, -0.05) is 20.8 Å². The van der Waals surface area contributed by atoms with E-state index in [1.807, 2.05) is 0 Å². The highest BCUT2D eigenvalue weighted by molar-refractivity contribution is 7.09. The molecule has 0 saturated carbocycles. The lowest BCUT2D eigenvalue weighted by molar-refractivity contribution is 0.567. The summed E-state index contributed by atoms with van der Waals surface area (Å²) in [5.74, 6) is 2.64. The minimum atomic E-state index is 0.151. The molecule has 0 atom stereocenters. The molecule has 0 spiro atoms. The van der Waals surface area contributed by atoms with Crippen molar-refractivity contribution in [2.75, 3.05) is 6.54 Å². The van der Waals surface area contributed by atoms with Crippen molar-refractivity contribution in [2.45, 2.75) is 45.6 Å². The van der Waals surface area contributed by atoms with Crippen molar-refractivity contribution >= 4 is 11.3 Å². The SMILES string of the molecule is C#CCCCNCc1nc(C(C)(C)C)cs1. The summed E-state index contributed by atoms with van der Waals surface area (Å²) in [5, 5.41) is 6.66. The van der Waals surface area contributed by atoms with Gasteiger partial charge in [-0.05, 0) is 13.0 Å². The highest BCUT2D eigenvalue weighted by atomic mass is 32.1. The number of thiazole rings is 1. The van der Waals surface area contributed by atoms with E-state index in [1.165, 1.54) is 5.69 Å². The smallest absolute Gasteiger partial charge is 0.107 e. The Labute approximate surface area is 102 Å². The maximum atomic E-state index is 5.18. The van der Waals surface area contributed by atoms with Crippen LogP contribution in [0.1, 0.15) is 44.3 Å². The van der Waals surface area contributed by atoms with E-state index in [0.717, 1.165) is 30.9 Å². The third kappa shape index (κ3) is 4.34. The molecular formula is C13H20N2S. The van der Waals surface area contributed by atoms with Gasteiger partial charge in [0, 0.05) is 23.8 Å². The molecule has 0 unspecified atom stereocenters. The van der Waals surface area contributed by atoms with E-state index >= 15 is 0 Å². The Kier molecular flexibility index (Phi) is 4.98. The maximum Gasteiger partial charge on any atom is 0.107 e. The van der Waals surface area contributed by atoms with E-state index in [-0.39, 0.29) is 5.41 Å². The quantitative estimate of drug-likeness (QED) is 0.628. The van der Waals surface area contributed by atoms with Gasteiger partial charge in [0.1, 0.15) is 5.01 Å². The van der Waals surface area contributed by atoms with Gasteiger partial charge in [-0.3, -0.25) is 0 Å². The lowest BCUT2D eigenvalue weighted by Gasteiger charge is -2.14. The number of terminal acetylenes is 1. The fourth-order valence-electron chi connectivity index (χ4n) is 1.25. The van der Waals surface area contributed by atoms with Crippen molar-refractivity contribution < 1.29 is 0 Å². The largest absolute Gasteiger partial charge is 0.310 e. The molecule has 0 aromatic carbocycles. The molecule has 0 bridgehead atoms. The number of hydrogen-bond acceptors (Lipinski definition) is 3. The molecule has 0 fully saturated rings. The van der Waals surface area contributed by atoms with Crippen LogP contribution in [-0.2, 0) is 12.0 Å². The van der Waals surface area contributed by atoms with Crippen LogP contribution in [0, 0.1) is 12.3 Å². The first kappa shape index (κ1) is 13.2. The zero-order valence-corrected chi connectivity index (χ0v) is 11.2. The Morgan fingerprint density at radius 2 is 2.25 bits per heavy atom. The molecule has 1 rings (SSSR count). The van der Waals surface area contributed by atoms with Gasteiger partial charge < -0.3 is 5.32 Å². The fourth-order valence-corrected chi connectivity index (χ4v) is 2.24. The second-order valence-electron chi connectivity index (χ2n) is 4.86. The molecule has 0 aliphatic rings. The minimum absolute atomic E-state index is 0.151. The molecule has 2 nitrogen and oxygen atoms in total. The summed E-state index contributed by atoms with van der Waals surface area (Å²) in [6, 6.07) is 0. The van der Waals surface area contributed by atoms with Crippen molar-refractivity contribution in [2.24, 2.45) is 0 Å². The third-order valence-corrected chi connectivity index (χ3v) is 3.12. The third-order valence-electron chi connectivity index (χ3n) is 2.27. The first-order valence-corrected chi connectivity index (χ1v) is 6.51. The number of aromatic nitrogens is 1. The first-order valence-electron chi connectivity index (χ1n) is 5.63. The molecule has 16 heavy (non-hydrogen) atoms. The van der Waals surface area contributed by atoms with E-state index in [1.54, 1.807) is 11.3 Å². The molecule has 1 N–H and O–H groups in total. The fraction of sp³-hybridized carbons (Fsp3) is 0.615. The normalized spacial score (nSPS) is 11.4. The molecule has 0 saturated heterocycles. The van der Waals surface area contributed by atoms with Crippen molar-refractivity contribution in [3.8, 4) is 12.3 Å². The lowest BCUT2D eigenvalue weighted by atomic mass is 9.93. The van der Waals surface area contributed by atoms with E-state index in [9.17, 15) is 0 Å². The van der Waals surface area contributed by atoms with E-state index in [2.05, 4.69) is 42.4 Å². The molecule has 0 radical (unpaired) electrons. The van der Waals surface area contributed by atoms with Crippen LogP contribution >= 0.6 is 11.3 Å². The monoisotopic (exact) mass is 236 g/mol. The second kappa shape index (κ2) is 6.03. The van der Waals surface area contributed by atoms with Crippen LogP contribution in [-0.4, -0.2) is 11.5 Å². The van der Waals surface area contributed by atoms with Crippen LogP contribution in [0.25, 0.3) is 0 Å². The molecule has 0 aliphatic heterocycles. The summed E-state index contributed by atoms with van der Waals surface area (Å²) < 4.78 is 0. The van der Waals surface area contributed by atoms with Gasteiger partial charge in [-0.15, -0.1) is 23.7 Å². The highest BCUT2D eigenvalue weighted by Crippen LogP contribution is 2.23. The van der Waals surface area contributed by atoms with E-state index in [0.29, 0.717) is 0 Å². The lowest BCUT2D eigenvalue weighted by Crippen LogP contribution is -2.15. The molecular weight excluding hydrogens is 216 g/mol. The van der Waals surface area contributed by atoms with Crippen molar-refractivity contribution in [1.82, 2.24) is 10.3 Å². The summed E-state index contributed by atoms with van der Waals surface area (Å²) in [5.41, 5.74) is 1.33. The van der Waals surface area contributed by atoms with Gasteiger partial charge in [0.05, 0.1) is 5.69 Å². The predicted molar refractivity (Wildman–Crippen MR) is 70.6 cm³/mol. The number of nitrogens with one attached hydrogen (secondary N) is 1. The number of nitrogens with zero attached hydrogens (tertiary/aromatic N) is 1. The van der Waals surface area contributed by atoms with Crippen LogP contribution in [0.5, 0.6) is 0 Å². The number of hydrogen-bond donors (Lipinski definition) is 1. The van der Waals surface area contributed by atoms with Crippen molar-refractivity contribution in [3.63, 3.8) is 0 Å². The molecule has 1 aromatic rings. The van der Waals surface area contributed by atoms with Crippen LogP contribution in [0.15, 0.2) is 5.38 Å². The summed E-state index contributed by atoms with van der Waals surface area (Å²) in [7, 11) is 0. The van der Waals surface area contributed by atoms with Crippen LogP contribution < -0.4 is 5.32 Å². The Hall–Kier alpha value is -0.850. The standard InChI is InChI=1S/C13H20N2S/c1-5-6-7-8-14-9-12-15-11(10-16-12)13(2,3)4/h1,10,14H,6-9H2,2-4H3. The van der Waals surface area contributed by atoms with Gasteiger partial charge in [0.25, 0.3) is 0 Å². The Balaban J connectivity index is 2.33. The molecule has 1 heterocycles. The Bertz CT molecular complexity index is 355. The van der Waals surface area contributed by atoms with Gasteiger partial charge in [-0.25, -0.2) is 4.98 Å². The van der Waals surface area contributed by atoms with Crippen molar-refractivity contribution in [3.05, 3.63) is 16.1 Å². The Morgan fingerprint density at radius 3 is 2.81 bits per heavy atom. The van der Waals surface area contributed by atoms with Crippen LogP contribution in [0.3, 0.4) is 0 Å². The summed E-state index contributed by atoms with van der Waals surface area (Å²) in [6.07, 6.45) is 7.07. The molecule has 88 valence electrons. The maximum absolute atomic E-state index is 5.18. The second-order valence-corrected chi connectivity index (χ2v) is 5.80. The minimum Gasteiger partial charge on any atom is -0.310 e. The summed E-state index contributed by atoms with van der Waals surface area (Å²) in [6.45, 7) is 8.38. The molecule has 3 heteroatoms. The van der Waals surface area contributed by atoms with E-state index in [4.69, 9.17) is 6.42 Å². The Morgan fingerprint density at radius 1 is 1.50 bits per heavy atom. The zero-order valence-electron chi connectivity index (χ0n) is 10.3. The summed E-state index contributed by atoms with van der Waals surface area (Å²) >= 11 is 1.73. The first-order chi connectivity index (χ1) is 7.54.